The molecule has 2 aromatic carbocycles. The molecule has 170 valence electrons. The van der Waals surface area contributed by atoms with Crippen LogP contribution in [0.15, 0.2) is 47.7 Å². The Hall–Kier alpha value is -2.82. The fraction of sp³-hybridized carbons (Fsp3) is 0.250. The van der Waals surface area contributed by atoms with Gasteiger partial charge in [-0.1, -0.05) is 29.3 Å². The zero-order valence-electron chi connectivity index (χ0n) is 16.4. The molecule has 0 amide bonds. The molecule has 1 aliphatic heterocycles. The van der Waals surface area contributed by atoms with Crippen molar-refractivity contribution in [3.05, 3.63) is 73.8 Å². The molecular formula is C20H16Cl2F3N2O5+. The van der Waals surface area contributed by atoms with Crippen LogP contribution in [0.2, 0.25) is 10.0 Å². The number of hydrogen-bond acceptors (Lipinski definition) is 6. The predicted molar refractivity (Wildman–Crippen MR) is 108 cm³/mol. The highest BCUT2D eigenvalue weighted by molar-refractivity contribution is 6.36. The Morgan fingerprint density at radius 1 is 1.19 bits per heavy atom. The van der Waals surface area contributed by atoms with E-state index >= 15 is 0 Å². The van der Waals surface area contributed by atoms with Gasteiger partial charge in [-0.05, 0) is 31.2 Å². The van der Waals surface area contributed by atoms with E-state index in [0.29, 0.717) is 21.7 Å². The standard InChI is InChI=1S/C20H15Cl2F3N2O5/c1-10-16(18(27-32-10)17-12(21)3-2-4-13(17)22)19(28)31-8-7-30-15-6-5-11(20(23,24)25)9-14(15)26-29/h2-6,9,18,27H,7-8H2,1H3/p+1. The Bertz CT molecular complexity index is 1060. The molecule has 0 spiro atoms. The third-order valence-electron chi connectivity index (χ3n) is 4.50. The van der Waals surface area contributed by atoms with Gasteiger partial charge in [0.25, 0.3) is 5.69 Å². The number of halogens is 5. The monoisotopic (exact) mass is 491 g/mol. The molecule has 1 heterocycles. The minimum atomic E-state index is -4.61. The van der Waals surface area contributed by atoms with Crippen LogP contribution < -0.4 is 15.4 Å². The number of benzene rings is 2. The molecule has 2 aromatic rings. The lowest BCUT2D eigenvalue weighted by atomic mass is 9.99. The van der Waals surface area contributed by atoms with Crippen molar-refractivity contribution in [2.75, 3.05) is 13.2 Å². The summed E-state index contributed by atoms with van der Waals surface area (Å²) in [5.74, 6) is -0.588. The highest BCUT2D eigenvalue weighted by atomic mass is 35.5. The summed E-state index contributed by atoms with van der Waals surface area (Å²) >= 11 is 12.4. The minimum Gasteiger partial charge on any atom is -0.483 e. The van der Waals surface area contributed by atoms with Crippen molar-refractivity contribution in [2.24, 2.45) is 0 Å². The second-order valence-electron chi connectivity index (χ2n) is 6.55. The Labute approximate surface area is 190 Å². The number of allylic oxidation sites excluding steroid dienone is 1. The van der Waals surface area contributed by atoms with E-state index in [0.717, 1.165) is 12.1 Å². The van der Waals surface area contributed by atoms with Crippen molar-refractivity contribution in [2.45, 2.75) is 19.1 Å². The summed E-state index contributed by atoms with van der Waals surface area (Å²) in [7, 11) is 0. The number of nitroso groups, excluding NO2 is 1. The van der Waals surface area contributed by atoms with E-state index in [1.54, 1.807) is 25.1 Å². The first-order valence-electron chi connectivity index (χ1n) is 9.10. The number of hydrogen-bond donors (Lipinski definition) is 2. The van der Waals surface area contributed by atoms with Crippen LogP contribution in [-0.4, -0.2) is 19.2 Å². The lowest BCUT2D eigenvalue weighted by molar-refractivity contribution is -0.380. The molecule has 12 heteroatoms. The quantitative estimate of drug-likeness (QED) is 0.450. The second-order valence-corrected chi connectivity index (χ2v) is 7.37. The summed E-state index contributed by atoms with van der Waals surface area (Å²) in [6.45, 7) is 1.08. The molecule has 32 heavy (non-hydrogen) atoms. The molecule has 1 atom stereocenters. The maximum absolute atomic E-state index is 12.8. The molecule has 0 bridgehead atoms. The van der Waals surface area contributed by atoms with E-state index in [1.165, 1.54) is 5.18 Å². The van der Waals surface area contributed by atoms with Gasteiger partial charge < -0.3 is 14.3 Å². The normalized spacial score (nSPS) is 16.0. The van der Waals surface area contributed by atoms with Crippen LogP contribution in [0.5, 0.6) is 5.75 Å². The van der Waals surface area contributed by atoms with Gasteiger partial charge in [0.15, 0.2) is 5.75 Å². The van der Waals surface area contributed by atoms with Gasteiger partial charge in [-0.15, -0.1) is 5.48 Å². The Kier molecular flexibility index (Phi) is 7.27. The molecule has 0 saturated carbocycles. The van der Waals surface area contributed by atoms with Gasteiger partial charge in [0.1, 0.15) is 30.6 Å². The van der Waals surface area contributed by atoms with Gasteiger partial charge in [0.2, 0.25) is 0 Å². The van der Waals surface area contributed by atoms with Crippen LogP contribution in [0.4, 0.5) is 18.9 Å². The maximum atomic E-state index is 12.8. The minimum absolute atomic E-state index is 0.119. The zero-order chi connectivity index (χ0) is 23.5. The van der Waals surface area contributed by atoms with Crippen LogP contribution in [0.3, 0.4) is 0 Å². The molecule has 7 nitrogen and oxygen atoms in total. The largest absolute Gasteiger partial charge is 0.483 e. The van der Waals surface area contributed by atoms with Crippen molar-refractivity contribution < 1.29 is 37.5 Å². The SMILES string of the molecule is CC1=C(C(=O)OCCOc2ccc(C(F)(F)F)cc2[NH+]=O)C(c2c(Cl)cccc2Cl)NO1. The third kappa shape index (κ3) is 5.14. The fourth-order valence-electron chi connectivity index (χ4n) is 2.99. The summed E-state index contributed by atoms with van der Waals surface area (Å²) in [4.78, 5) is 28.9. The van der Waals surface area contributed by atoms with Crippen LogP contribution in [0.1, 0.15) is 24.1 Å². The van der Waals surface area contributed by atoms with E-state index < -0.39 is 29.4 Å². The van der Waals surface area contributed by atoms with Gasteiger partial charge in [-0.3, -0.25) is 0 Å². The number of carbonyl (C=O) groups excluding carboxylic acids is 1. The molecule has 3 rings (SSSR count). The molecule has 2 N–H and O–H groups in total. The van der Waals surface area contributed by atoms with E-state index in [9.17, 15) is 22.9 Å². The van der Waals surface area contributed by atoms with Crippen LogP contribution in [-0.2, 0) is 20.5 Å². The molecule has 1 unspecified atom stereocenters. The summed E-state index contributed by atoms with van der Waals surface area (Å²) in [6.07, 6.45) is -4.61. The first-order chi connectivity index (χ1) is 15.1. The maximum Gasteiger partial charge on any atom is 0.416 e. The van der Waals surface area contributed by atoms with E-state index in [-0.39, 0.29) is 30.3 Å². The van der Waals surface area contributed by atoms with Gasteiger partial charge in [0.05, 0.1) is 5.56 Å². The average molecular weight is 492 g/mol. The Morgan fingerprint density at radius 3 is 2.50 bits per heavy atom. The predicted octanol–water partition coefficient (Wildman–Crippen LogP) is 3.96. The van der Waals surface area contributed by atoms with Crippen LogP contribution >= 0.6 is 23.2 Å². The summed E-state index contributed by atoms with van der Waals surface area (Å²) in [5.41, 5.74) is 1.86. The molecule has 0 aromatic heterocycles. The van der Waals surface area contributed by atoms with Crippen molar-refractivity contribution >= 4 is 34.9 Å². The second kappa shape index (κ2) is 9.76. The number of alkyl halides is 3. The topological polar surface area (TPSA) is 87.8 Å². The highest BCUT2D eigenvalue weighted by Gasteiger charge is 2.36. The first kappa shape index (κ1) is 23.8. The molecule has 0 aliphatic carbocycles. The van der Waals surface area contributed by atoms with Gasteiger partial charge in [-0.2, -0.15) is 13.2 Å². The van der Waals surface area contributed by atoms with E-state index in [1.807, 2.05) is 0 Å². The summed E-state index contributed by atoms with van der Waals surface area (Å²) < 4.78 is 48.7. The Balaban J connectivity index is 1.64. The van der Waals surface area contributed by atoms with Crippen molar-refractivity contribution in [3.8, 4) is 5.75 Å². The molecular weight excluding hydrogens is 476 g/mol. The number of hydroxylamine groups is 1. The highest BCUT2D eigenvalue weighted by Crippen LogP contribution is 2.38. The fourth-order valence-corrected chi connectivity index (χ4v) is 3.61. The van der Waals surface area contributed by atoms with Crippen molar-refractivity contribution in [3.63, 3.8) is 0 Å². The summed E-state index contributed by atoms with van der Waals surface area (Å²) in [5, 5.41) is 2.05. The number of ether oxygens (including phenoxy) is 2. The number of rotatable bonds is 7. The van der Waals surface area contributed by atoms with Gasteiger partial charge >= 0.3 is 12.1 Å². The molecule has 0 fully saturated rings. The number of carbonyl (C=O) groups is 1. The van der Waals surface area contributed by atoms with Crippen LogP contribution in [0.25, 0.3) is 0 Å². The van der Waals surface area contributed by atoms with E-state index in [2.05, 4.69) is 5.48 Å². The van der Waals surface area contributed by atoms with E-state index in [4.69, 9.17) is 37.5 Å². The molecule has 0 saturated heterocycles. The van der Waals surface area contributed by atoms with Crippen molar-refractivity contribution in [1.82, 2.24) is 5.48 Å². The average Bonchev–Trinajstić information content (AvgIpc) is 3.11. The Morgan fingerprint density at radius 2 is 1.88 bits per heavy atom. The van der Waals surface area contributed by atoms with Crippen LogP contribution in [0, 0.1) is 4.91 Å². The smallest absolute Gasteiger partial charge is 0.416 e. The number of esters is 1. The molecule has 1 aliphatic rings. The van der Waals surface area contributed by atoms with Gasteiger partial charge in [0, 0.05) is 31.8 Å². The lowest BCUT2D eigenvalue weighted by Gasteiger charge is -2.16. The van der Waals surface area contributed by atoms with Crippen molar-refractivity contribution in [1.29, 1.82) is 0 Å². The molecule has 0 radical (unpaired) electrons. The van der Waals surface area contributed by atoms with Gasteiger partial charge in [-0.25, -0.2) is 4.79 Å². The summed E-state index contributed by atoms with van der Waals surface area (Å²) in [6, 6.07) is 6.51. The number of nitrogens with one attached hydrogen (secondary N) is 2. The third-order valence-corrected chi connectivity index (χ3v) is 5.16. The lowest BCUT2D eigenvalue weighted by Crippen LogP contribution is -2.56. The zero-order valence-corrected chi connectivity index (χ0v) is 17.9. The first-order valence-corrected chi connectivity index (χ1v) is 9.85.